The number of ketones is 1. The van der Waals surface area contributed by atoms with Gasteiger partial charge in [-0.2, -0.15) is 0 Å². The number of carbonyl (C=O) groups is 2. The second kappa shape index (κ2) is 6.04. The lowest BCUT2D eigenvalue weighted by Crippen LogP contribution is -2.28. The molecule has 1 N–H and O–H groups in total. The van der Waals surface area contributed by atoms with E-state index in [4.69, 9.17) is 4.74 Å². The van der Waals surface area contributed by atoms with Gasteiger partial charge in [-0.05, 0) is 37.3 Å². The average Bonchev–Trinajstić information content (AvgIpc) is 2.94. The summed E-state index contributed by atoms with van der Waals surface area (Å²) in [6.07, 6.45) is 3.56. The highest BCUT2D eigenvalue weighted by atomic mass is 16.5. The molecule has 2 aromatic heterocycles. The Kier molecular flexibility index (Phi) is 3.93. The molecule has 3 aromatic rings. The van der Waals surface area contributed by atoms with Gasteiger partial charge in [0.25, 0.3) is 0 Å². The minimum atomic E-state index is -0.371. The van der Waals surface area contributed by atoms with Crippen LogP contribution in [0, 0.1) is 0 Å². The summed E-state index contributed by atoms with van der Waals surface area (Å²) in [6.45, 7) is 1.69. The summed E-state index contributed by atoms with van der Waals surface area (Å²) in [6, 6.07) is 10.9. The molecule has 0 spiro atoms. The molecule has 0 fully saturated rings. The quantitative estimate of drug-likeness (QED) is 0.458. The number of hydrogen-bond donors (Lipinski definition) is 1. The summed E-state index contributed by atoms with van der Waals surface area (Å²) in [5, 5.41) is 0.926. The van der Waals surface area contributed by atoms with Crippen LogP contribution in [0.3, 0.4) is 0 Å². The molecule has 2 heterocycles. The molecule has 0 saturated heterocycles. The molecule has 0 radical (unpaired) electrons. The Balaban J connectivity index is 1.74. The van der Waals surface area contributed by atoms with Crippen LogP contribution in [0.4, 0.5) is 0 Å². The van der Waals surface area contributed by atoms with Crippen LogP contribution in [-0.4, -0.2) is 16.7 Å². The van der Waals surface area contributed by atoms with Gasteiger partial charge in [0.15, 0.2) is 18.2 Å². The van der Waals surface area contributed by atoms with E-state index in [1.807, 2.05) is 31.4 Å². The van der Waals surface area contributed by atoms with E-state index in [0.717, 1.165) is 16.6 Å². The van der Waals surface area contributed by atoms with Crippen LogP contribution < -0.4 is 4.57 Å². The Labute approximate surface area is 133 Å². The zero-order chi connectivity index (χ0) is 16.4. The van der Waals surface area contributed by atoms with E-state index in [0.29, 0.717) is 11.1 Å². The van der Waals surface area contributed by atoms with Gasteiger partial charge in [0.2, 0.25) is 0 Å². The number of nitrogens with one attached hydrogen (secondary N) is 1. The van der Waals surface area contributed by atoms with Gasteiger partial charge in [-0.1, -0.05) is 0 Å². The number of carbonyl (C=O) groups excluding carboxylic acids is 2. The highest BCUT2D eigenvalue weighted by Gasteiger charge is 2.12. The number of rotatable bonds is 4. The van der Waals surface area contributed by atoms with Gasteiger partial charge in [-0.15, -0.1) is 0 Å². The molecule has 116 valence electrons. The van der Waals surface area contributed by atoms with E-state index in [2.05, 4.69) is 4.98 Å². The molecule has 1 aromatic carbocycles. The number of aromatic amines is 1. The van der Waals surface area contributed by atoms with Gasteiger partial charge < -0.3 is 9.72 Å². The van der Waals surface area contributed by atoms with Gasteiger partial charge in [-0.3, -0.25) is 4.79 Å². The normalized spacial score (nSPS) is 10.7. The van der Waals surface area contributed by atoms with E-state index in [9.17, 15) is 9.59 Å². The molecule has 5 nitrogen and oxygen atoms in total. The lowest BCUT2D eigenvalue weighted by Gasteiger charge is -2.02. The van der Waals surface area contributed by atoms with Crippen LogP contribution in [0.2, 0.25) is 0 Å². The zero-order valence-electron chi connectivity index (χ0n) is 13.0. The first-order valence-corrected chi connectivity index (χ1v) is 7.28. The molecule has 0 bridgehead atoms. The zero-order valence-corrected chi connectivity index (χ0v) is 13.0. The SMILES string of the molecule is CC(=O)c1ccc2[nH]c(COC(=O)c3ccc[n+](C)c3)cc2c1. The highest BCUT2D eigenvalue weighted by Crippen LogP contribution is 2.18. The number of H-pyrrole nitrogens is 1. The predicted octanol–water partition coefficient (Wildman–Crippen LogP) is 2.55. The van der Waals surface area contributed by atoms with E-state index >= 15 is 0 Å². The summed E-state index contributed by atoms with van der Waals surface area (Å²) in [7, 11) is 1.85. The summed E-state index contributed by atoms with van der Waals surface area (Å²) in [5.41, 5.74) is 2.86. The first kappa shape index (κ1) is 15.0. The van der Waals surface area contributed by atoms with Crippen molar-refractivity contribution in [3.63, 3.8) is 0 Å². The molecule has 0 amide bonds. The minimum absolute atomic E-state index is 0.0259. The Morgan fingerprint density at radius 1 is 1.17 bits per heavy atom. The summed E-state index contributed by atoms with van der Waals surface area (Å²) < 4.78 is 7.12. The van der Waals surface area contributed by atoms with Crippen LogP contribution in [0.15, 0.2) is 48.8 Å². The molecule has 0 aliphatic rings. The third-order valence-electron chi connectivity index (χ3n) is 3.62. The molecular weight excluding hydrogens is 292 g/mol. The van der Waals surface area contributed by atoms with Crippen LogP contribution >= 0.6 is 0 Å². The number of Topliss-reactive ketones (excluding diaryl/α,β-unsaturated/α-hetero) is 1. The maximum atomic E-state index is 12.0. The number of benzene rings is 1. The number of ether oxygens (including phenoxy) is 1. The fourth-order valence-corrected chi connectivity index (χ4v) is 2.42. The van der Waals surface area contributed by atoms with Crippen molar-refractivity contribution in [2.45, 2.75) is 13.5 Å². The van der Waals surface area contributed by atoms with E-state index < -0.39 is 0 Å². The lowest BCUT2D eigenvalue weighted by atomic mass is 10.1. The maximum absolute atomic E-state index is 12.0. The van der Waals surface area contributed by atoms with Crippen molar-refractivity contribution in [1.29, 1.82) is 0 Å². The van der Waals surface area contributed by atoms with Gasteiger partial charge in [-0.25, -0.2) is 9.36 Å². The van der Waals surface area contributed by atoms with E-state index in [-0.39, 0.29) is 18.4 Å². The average molecular weight is 309 g/mol. The molecular formula is C18H17N2O3+. The van der Waals surface area contributed by atoms with Crippen LogP contribution in [0.5, 0.6) is 0 Å². The number of pyridine rings is 1. The van der Waals surface area contributed by atoms with Crippen molar-refractivity contribution >= 4 is 22.7 Å². The maximum Gasteiger partial charge on any atom is 0.344 e. The molecule has 0 unspecified atom stereocenters. The number of aryl methyl sites for hydroxylation is 1. The first-order chi connectivity index (χ1) is 11.0. The van der Waals surface area contributed by atoms with Gasteiger partial charge in [0.1, 0.15) is 19.2 Å². The molecule has 0 saturated carbocycles. The third-order valence-corrected chi connectivity index (χ3v) is 3.62. The minimum Gasteiger partial charge on any atom is -0.456 e. The van der Waals surface area contributed by atoms with Crippen molar-refractivity contribution in [2.24, 2.45) is 7.05 Å². The molecule has 0 aliphatic carbocycles. The number of aromatic nitrogens is 2. The molecule has 5 heteroatoms. The van der Waals surface area contributed by atoms with Gasteiger partial charge in [0, 0.05) is 22.5 Å². The van der Waals surface area contributed by atoms with Crippen LogP contribution in [0.25, 0.3) is 10.9 Å². The van der Waals surface area contributed by atoms with Crippen molar-refractivity contribution in [3.8, 4) is 0 Å². The highest BCUT2D eigenvalue weighted by molar-refractivity contribution is 5.98. The van der Waals surface area contributed by atoms with Gasteiger partial charge in [0.05, 0.1) is 5.69 Å². The smallest absolute Gasteiger partial charge is 0.344 e. The van der Waals surface area contributed by atoms with Crippen molar-refractivity contribution < 1.29 is 18.9 Å². The number of nitrogens with zero attached hydrogens (tertiary/aromatic N) is 1. The monoisotopic (exact) mass is 309 g/mol. The van der Waals surface area contributed by atoms with Crippen LogP contribution in [-0.2, 0) is 18.4 Å². The Bertz CT molecular complexity index is 896. The molecule has 23 heavy (non-hydrogen) atoms. The van der Waals surface area contributed by atoms with Crippen LogP contribution in [0.1, 0.15) is 33.3 Å². The number of hydrogen-bond acceptors (Lipinski definition) is 3. The first-order valence-electron chi connectivity index (χ1n) is 7.28. The number of fused-ring (bicyclic) bond motifs is 1. The second-order valence-corrected chi connectivity index (χ2v) is 5.49. The number of esters is 1. The molecule has 3 rings (SSSR count). The van der Waals surface area contributed by atoms with Crippen molar-refractivity contribution in [1.82, 2.24) is 4.98 Å². The lowest BCUT2D eigenvalue weighted by molar-refractivity contribution is -0.671. The summed E-state index contributed by atoms with van der Waals surface area (Å²) in [5.74, 6) is -0.345. The molecule has 0 aliphatic heterocycles. The predicted molar refractivity (Wildman–Crippen MR) is 85.0 cm³/mol. The van der Waals surface area contributed by atoms with Crippen molar-refractivity contribution in [3.05, 3.63) is 65.6 Å². The largest absolute Gasteiger partial charge is 0.456 e. The second-order valence-electron chi connectivity index (χ2n) is 5.49. The fraction of sp³-hybridized carbons (Fsp3) is 0.167. The standard InChI is InChI=1S/C18H16N2O3/c1-12(21)13-5-6-17-15(8-13)9-16(19-17)11-23-18(22)14-4-3-7-20(2)10-14/h3-10H,11H2,1-2H3/p+1. The molecule has 0 atom stereocenters. The topological polar surface area (TPSA) is 63.0 Å². The fourth-order valence-electron chi connectivity index (χ4n) is 2.42. The summed E-state index contributed by atoms with van der Waals surface area (Å²) in [4.78, 5) is 26.6. The van der Waals surface area contributed by atoms with Crippen molar-refractivity contribution in [2.75, 3.05) is 0 Å². The van der Waals surface area contributed by atoms with Gasteiger partial charge >= 0.3 is 5.97 Å². The Hall–Kier alpha value is -2.95. The van der Waals surface area contributed by atoms with E-state index in [1.165, 1.54) is 6.92 Å². The Morgan fingerprint density at radius 2 is 2.00 bits per heavy atom. The summed E-state index contributed by atoms with van der Waals surface area (Å²) >= 11 is 0. The van der Waals surface area contributed by atoms with E-state index in [1.54, 1.807) is 29.0 Å². The Morgan fingerprint density at radius 3 is 2.74 bits per heavy atom. The third kappa shape index (κ3) is 3.29.